The minimum absolute atomic E-state index is 0.208. The first-order valence-electron chi connectivity index (χ1n) is 6.57. The number of piperidine rings is 1. The summed E-state index contributed by atoms with van der Waals surface area (Å²) >= 11 is 1.94. The fourth-order valence-corrected chi connectivity index (χ4v) is 4.24. The number of carbonyl (C=O) groups excluding carboxylic acids is 1. The van der Waals surface area contributed by atoms with Crippen molar-refractivity contribution in [1.29, 1.82) is 0 Å². The Bertz CT molecular complexity index is 302. The molecule has 4 nitrogen and oxygen atoms in total. The Morgan fingerprint density at radius 1 is 1.33 bits per heavy atom. The predicted octanol–water partition coefficient (Wildman–Crippen LogP) is 1.82. The number of aliphatic hydroxyl groups excluding tert-OH is 1. The first kappa shape index (κ1) is 14.0. The maximum atomic E-state index is 12.1. The molecule has 0 radical (unpaired) electrons. The van der Waals surface area contributed by atoms with Crippen molar-refractivity contribution in [2.75, 3.05) is 31.2 Å². The van der Waals surface area contributed by atoms with Gasteiger partial charge in [0.15, 0.2) is 0 Å². The lowest BCUT2D eigenvalue weighted by atomic mass is 9.79. The molecule has 0 aromatic carbocycles. The lowest BCUT2D eigenvalue weighted by Crippen LogP contribution is -2.54. The van der Waals surface area contributed by atoms with E-state index in [1.54, 1.807) is 0 Å². The highest BCUT2D eigenvalue weighted by Gasteiger charge is 2.41. The quantitative estimate of drug-likeness (QED) is 0.792. The normalized spacial score (nSPS) is 32.2. The Morgan fingerprint density at radius 2 is 1.89 bits per heavy atom. The highest BCUT2D eigenvalue weighted by atomic mass is 32.2. The van der Waals surface area contributed by atoms with Crippen LogP contribution in [0.25, 0.3) is 0 Å². The predicted molar refractivity (Wildman–Crippen MR) is 72.7 cm³/mol. The molecule has 0 spiro atoms. The van der Waals surface area contributed by atoms with Crippen LogP contribution in [0.5, 0.6) is 0 Å². The van der Waals surface area contributed by atoms with Crippen LogP contribution in [0.2, 0.25) is 0 Å². The molecule has 2 aliphatic heterocycles. The molecule has 0 aromatic heterocycles. The van der Waals surface area contributed by atoms with Gasteiger partial charge in [-0.15, -0.1) is 0 Å². The van der Waals surface area contributed by atoms with E-state index >= 15 is 0 Å². The molecule has 18 heavy (non-hydrogen) atoms. The SMILES string of the molecule is CC(C)(C)OC(=O)N1CC2CSCC(C1)C2CO. The second-order valence-electron chi connectivity index (χ2n) is 6.29. The van der Waals surface area contributed by atoms with E-state index in [0.29, 0.717) is 17.8 Å². The van der Waals surface area contributed by atoms with E-state index in [4.69, 9.17) is 4.74 Å². The van der Waals surface area contributed by atoms with E-state index < -0.39 is 5.60 Å². The maximum Gasteiger partial charge on any atom is 0.410 e. The van der Waals surface area contributed by atoms with Crippen molar-refractivity contribution in [3.05, 3.63) is 0 Å². The van der Waals surface area contributed by atoms with Crippen LogP contribution < -0.4 is 0 Å². The van der Waals surface area contributed by atoms with Gasteiger partial charge in [-0.2, -0.15) is 11.8 Å². The van der Waals surface area contributed by atoms with Gasteiger partial charge in [-0.05, 0) is 50.0 Å². The number of hydrogen-bond acceptors (Lipinski definition) is 4. The van der Waals surface area contributed by atoms with Crippen molar-refractivity contribution >= 4 is 17.9 Å². The lowest BCUT2D eigenvalue weighted by Gasteiger charge is -2.46. The Balaban J connectivity index is 1.99. The minimum Gasteiger partial charge on any atom is -0.444 e. The van der Waals surface area contributed by atoms with Crippen LogP contribution in [0.4, 0.5) is 4.79 Å². The van der Waals surface area contributed by atoms with E-state index in [0.717, 1.165) is 24.6 Å². The smallest absolute Gasteiger partial charge is 0.410 e. The number of thioether (sulfide) groups is 1. The number of amides is 1. The van der Waals surface area contributed by atoms with Gasteiger partial charge in [-0.25, -0.2) is 4.79 Å². The van der Waals surface area contributed by atoms with Gasteiger partial charge < -0.3 is 14.7 Å². The highest BCUT2D eigenvalue weighted by molar-refractivity contribution is 7.99. The summed E-state index contributed by atoms with van der Waals surface area (Å²) in [6.07, 6.45) is -0.208. The fraction of sp³-hybridized carbons (Fsp3) is 0.923. The van der Waals surface area contributed by atoms with Crippen LogP contribution in [0.1, 0.15) is 20.8 Å². The molecule has 2 saturated heterocycles. The summed E-state index contributed by atoms with van der Waals surface area (Å²) < 4.78 is 5.43. The number of hydrogen-bond donors (Lipinski definition) is 1. The van der Waals surface area contributed by atoms with Crippen LogP contribution in [-0.2, 0) is 4.74 Å². The number of ether oxygens (including phenoxy) is 1. The van der Waals surface area contributed by atoms with Gasteiger partial charge in [0.05, 0.1) is 0 Å². The van der Waals surface area contributed by atoms with E-state index in [1.807, 2.05) is 37.4 Å². The molecular formula is C13H23NO3S. The van der Waals surface area contributed by atoms with Crippen molar-refractivity contribution in [1.82, 2.24) is 4.90 Å². The van der Waals surface area contributed by atoms with Gasteiger partial charge in [0.25, 0.3) is 0 Å². The molecule has 2 aliphatic rings. The standard InChI is InChI=1S/C13H23NO3S/c1-13(2,3)17-12(16)14-4-9-7-18-8-10(5-14)11(9)6-15/h9-11,15H,4-8H2,1-3H3. The second-order valence-corrected chi connectivity index (χ2v) is 7.36. The van der Waals surface area contributed by atoms with Crippen molar-refractivity contribution in [2.45, 2.75) is 26.4 Å². The van der Waals surface area contributed by atoms with Crippen molar-refractivity contribution < 1.29 is 14.6 Å². The zero-order valence-electron chi connectivity index (χ0n) is 11.4. The third kappa shape index (κ3) is 3.12. The summed E-state index contributed by atoms with van der Waals surface area (Å²) in [4.78, 5) is 13.9. The summed E-state index contributed by atoms with van der Waals surface area (Å²) in [5, 5.41) is 9.46. The van der Waals surface area contributed by atoms with Gasteiger partial charge in [-0.3, -0.25) is 0 Å². The number of rotatable bonds is 1. The molecule has 2 rings (SSSR count). The van der Waals surface area contributed by atoms with E-state index in [9.17, 15) is 9.90 Å². The van der Waals surface area contributed by atoms with Crippen molar-refractivity contribution in [3.63, 3.8) is 0 Å². The van der Waals surface area contributed by atoms with E-state index in [2.05, 4.69) is 0 Å². The maximum absolute atomic E-state index is 12.1. The molecule has 104 valence electrons. The molecule has 2 heterocycles. The molecule has 2 bridgehead atoms. The molecule has 0 aliphatic carbocycles. The van der Waals surface area contributed by atoms with Gasteiger partial charge in [0, 0.05) is 19.7 Å². The third-order valence-electron chi connectivity index (χ3n) is 3.65. The molecule has 1 N–H and O–H groups in total. The van der Waals surface area contributed by atoms with Crippen LogP contribution in [0, 0.1) is 17.8 Å². The number of nitrogens with zero attached hydrogens (tertiary/aromatic N) is 1. The van der Waals surface area contributed by atoms with Gasteiger partial charge in [0.2, 0.25) is 0 Å². The van der Waals surface area contributed by atoms with Crippen molar-refractivity contribution in [3.8, 4) is 0 Å². The van der Waals surface area contributed by atoms with Crippen LogP contribution in [0.3, 0.4) is 0 Å². The minimum atomic E-state index is -0.436. The van der Waals surface area contributed by atoms with Gasteiger partial charge in [0.1, 0.15) is 5.60 Å². The van der Waals surface area contributed by atoms with E-state index in [-0.39, 0.29) is 12.7 Å². The average molecular weight is 273 g/mol. The Kier molecular flexibility index (Phi) is 4.11. The summed E-state index contributed by atoms with van der Waals surface area (Å²) in [7, 11) is 0. The first-order chi connectivity index (χ1) is 8.40. The molecule has 5 heteroatoms. The Hall–Kier alpha value is -0.420. The Morgan fingerprint density at radius 3 is 2.33 bits per heavy atom. The second kappa shape index (κ2) is 5.29. The molecule has 0 aromatic rings. The number of likely N-dealkylation sites (tertiary alicyclic amines) is 1. The lowest BCUT2D eigenvalue weighted by molar-refractivity contribution is -0.00685. The first-order valence-corrected chi connectivity index (χ1v) is 7.72. The van der Waals surface area contributed by atoms with Gasteiger partial charge in [-0.1, -0.05) is 0 Å². The van der Waals surface area contributed by atoms with Crippen LogP contribution in [0.15, 0.2) is 0 Å². The zero-order valence-corrected chi connectivity index (χ0v) is 12.2. The molecule has 0 saturated carbocycles. The zero-order chi connectivity index (χ0) is 13.3. The highest BCUT2D eigenvalue weighted by Crippen LogP contribution is 2.38. The van der Waals surface area contributed by atoms with E-state index in [1.165, 1.54) is 0 Å². The molecule has 2 atom stereocenters. The Labute approximate surface area is 113 Å². The largest absolute Gasteiger partial charge is 0.444 e. The molecular weight excluding hydrogens is 250 g/mol. The summed E-state index contributed by atoms with van der Waals surface area (Å²) in [6.45, 7) is 7.37. The molecule has 2 fully saturated rings. The van der Waals surface area contributed by atoms with Crippen LogP contribution in [-0.4, -0.2) is 52.9 Å². The summed E-state index contributed by atoms with van der Waals surface area (Å²) in [5.41, 5.74) is -0.436. The monoisotopic (exact) mass is 273 g/mol. The number of fused-ring (bicyclic) bond motifs is 2. The summed E-state index contributed by atoms with van der Waals surface area (Å²) in [5.74, 6) is 3.28. The molecule has 2 unspecified atom stereocenters. The average Bonchev–Trinajstić information content (AvgIpc) is 2.24. The van der Waals surface area contributed by atoms with Crippen LogP contribution >= 0.6 is 11.8 Å². The van der Waals surface area contributed by atoms with Gasteiger partial charge >= 0.3 is 6.09 Å². The molecule has 1 amide bonds. The third-order valence-corrected chi connectivity index (χ3v) is 4.97. The topological polar surface area (TPSA) is 49.8 Å². The fourth-order valence-electron chi connectivity index (χ4n) is 2.79. The number of aliphatic hydroxyl groups is 1. The number of carbonyl (C=O) groups is 1. The van der Waals surface area contributed by atoms with Crippen molar-refractivity contribution in [2.24, 2.45) is 17.8 Å². The summed E-state index contributed by atoms with van der Waals surface area (Å²) in [6, 6.07) is 0.